The first kappa shape index (κ1) is 18.7. The number of nitrogens with one attached hydrogen (secondary N) is 2. The largest absolute Gasteiger partial charge is 0.396 e. The van der Waals surface area contributed by atoms with Gasteiger partial charge < -0.3 is 20.6 Å². The molecule has 5 nitrogen and oxygen atoms in total. The molecule has 5 heteroatoms. The summed E-state index contributed by atoms with van der Waals surface area (Å²) >= 11 is 0. The Balaban J connectivity index is 1.75. The van der Waals surface area contributed by atoms with Crippen LogP contribution in [0, 0.1) is 5.41 Å². The van der Waals surface area contributed by atoms with Crippen LogP contribution in [0.25, 0.3) is 0 Å². The van der Waals surface area contributed by atoms with Gasteiger partial charge in [0.05, 0.1) is 6.61 Å². The van der Waals surface area contributed by atoms with Crippen LogP contribution >= 0.6 is 0 Å². The first-order valence-electron chi connectivity index (χ1n) is 8.83. The van der Waals surface area contributed by atoms with Crippen molar-refractivity contribution in [3.05, 3.63) is 35.9 Å². The van der Waals surface area contributed by atoms with Crippen molar-refractivity contribution in [1.29, 1.82) is 0 Å². The van der Waals surface area contributed by atoms with Crippen molar-refractivity contribution in [2.75, 3.05) is 20.2 Å². The molecule has 0 spiro atoms. The molecule has 0 aliphatic heterocycles. The number of carbonyl (C=O) groups is 1. The minimum Gasteiger partial charge on any atom is -0.396 e. The third-order valence-electron chi connectivity index (χ3n) is 5.01. The van der Waals surface area contributed by atoms with Gasteiger partial charge in [0.2, 0.25) is 0 Å². The van der Waals surface area contributed by atoms with Gasteiger partial charge in [-0.05, 0) is 32.4 Å². The van der Waals surface area contributed by atoms with Gasteiger partial charge in [-0.2, -0.15) is 0 Å². The molecule has 1 fully saturated rings. The molecule has 3 N–H and O–H groups in total. The van der Waals surface area contributed by atoms with E-state index in [1.54, 1.807) is 0 Å². The topological polar surface area (TPSA) is 64.6 Å². The Labute approximate surface area is 145 Å². The first-order valence-corrected chi connectivity index (χ1v) is 8.83. The van der Waals surface area contributed by atoms with E-state index in [1.165, 1.54) is 5.56 Å². The first-order chi connectivity index (χ1) is 11.4. The van der Waals surface area contributed by atoms with Gasteiger partial charge in [-0.15, -0.1) is 0 Å². The predicted octanol–water partition coefficient (Wildman–Crippen LogP) is 2.36. The normalized spacial score (nSPS) is 24.8. The molecular formula is C19H31N3O2. The molecule has 24 heavy (non-hydrogen) atoms. The van der Waals surface area contributed by atoms with E-state index in [0.717, 1.165) is 32.4 Å². The van der Waals surface area contributed by atoms with Crippen LogP contribution < -0.4 is 10.6 Å². The van der Waals surface area contributed by atoms with Crippen molar-refractivity contribution < 1.29 is 9.90 Å². The molecule has 1 aromatic carbocycles. The van der Waals surface area contributed by atoms with Crippen LogP contribution in [0.1, 0.15) is 38.7 Å². The molecule has 0 saturated heterocycles. The Kier molecular flexibility index (Phi) is 6.63. The number of rotatable bonds is 7. The maximum atomic E-state index is 12.2. The van der Waals surface area contributed by atoms with E-state index in [0.29, 0.717) is 0 Å². The summed E-state index contributed by atoms with van der Waals surface area (Å²) < 4.78 is 0. The number of benzene rings is 1. The summed E-state index contributed by atoms with van der Waals surface area (Å²) in [5, 5.41) is 15.6. The van der Waals surface area contributed by atoms with Crippen LogP contribution in [-0.2, 0) is 6.54 Å². The summed E-state index contributed by atoms with van der Waals surface area (Å²) in [6.45, 7) is 5.82. The minimum atomic E-state index is -0.190. The van der Waals surface area contributed by atoms with Gasteiger partial charge in [0.15, 0.2) is 0 Å². The SMILES string of the molecule is CC(CN(C)Cc1ccccc1)NC(=O)NC1CCCC1(C)CO. The lowest BCUT2D eigenvalue weighted by molar-refractivity contribution is 0.120. The standard InChI is InChI=1S/C19H31N3O2/c1-15(12-22(3)13-16-8-5-4-6-9-16)20-18(24)21-17-10-7-11-19(17,2)14-23/h4-6,8-9,15,17,23H,7,10-14H2,1-3H3,(H2,20,21,24). The second-order valence-electron chi connectivity index (χ2n) is 7.46. The minimum absolute atomic E-state index is 0.0525. The van der Waals surface area contributed by atoms with Gasteiger partial charge in [-0.3, -0.25) is 0 Å². The molecular weight excluding hydrogens is 302 g/mol. The highest BCUT2D eigenvalue weighted by atomic mass is 16.3. The highest BCUT2D eigenvalue weighted by Gasteiger charge is 2.39. The lowest BCUT2D eigenvalue weighted by atomic mass is 9.86. The number of hydrogen-bond donors (Lipinski definition) is 3. The summed E-state index contributed by atoms with van der Waals surface area (Å²) in [7, 11) is 2.06. The van der Waals surface area contributed by atoms with Gasteiger partial charge in [0, 0.05) is 30.6 Å². The van der Waals surface area contributed by atoms with Crippen molar-refractivity contribution in [3.63, 3.8) is 0 Å². The van der Waals surface area contributed by atoms with Crippen LogP contribution in [0.4, 0.5) is 4.79 Å². The maximum Gasteiger partial charge on any atom is 0.315 e. The number of nitrogens with zero attached hydrogens (tertiary/aromatic N) is 1. The summed E-state index contributed by atoms with van der Waals surface area (Å²) in [6, 6.07) is 10.3. The average Bonchev–Trinajstić information content (AvgIpc) is 2.89. The Hall–Kier alpha value is -1.59. The van der Waals surface area contributed by atoms with E-state index in [-0.39, 0.29) is 30.1 Å². The zero-order valence-electron chi connectivity index (χ0n) is 15.1. The third-order valence-corrected chi connectivity index (χ3v) is 5.01. The predicted molar refractivity (Wildman–Crippen MR) is 96.7 cm³/mol. The molecule has 0 aromatic heterocycles. The number of hydrogen-bond acceptors (Lipinski definition) is 3. The van der Waals surface area contributed by atoms with E-state index in [2.05, 4.69) is 34.7 Å². The summed E-state index contributed by atoms with van der Waals surface area (Å²) in [4.78, 5) is 14.4. The van der Waals surface area contributed by atoms with Crippen molar-refractivity contribution in [3.8, 4) is 0 Å². The number of urea groups is 1. The fourth-order valence-corrected chi connectivity index (χ4v) is 3.56. The van der Waals surface area contributed by atoms with Crippen molar-refractivity contribution in [1.82, 2.24) is 15.5 Å². The molecule has 1 saturated carbocycles. The van der Waals surface area contributed by atoms with Crippen LogP contribution in [0.2, 0.25) is 0 Å². The number of aliphatic hydroxyl groups is 1. The zero-order chi connectivity index (χ0) is 17.6. The van der Waals surface area contributed by atoms with Crippen molar-refractivity contribution in [2.24, 2.45) is 5.41 Å². The van der Waals surface area contributed by atoms with Crippen LogP contribution in [-0.4, -0.2) is 48.3 Å². The second kappa shape index (κ2) is 8.49. The van der Waals surface area contributed by atoms with Gasteiger partial charge in [0.25, 0.3) is 0 Å². The Morgan fingerprint density at radius 2 is 2.12 bits per heavy atom. The number of carbonyl (C=O) groups excluding carboxylic acids is 1. The summed E-state index contributed by atoms with van der Waals surface area (Å²) in [5.41, 5.74) is 1.08. The second-order valence-corrected chi connectivity index (χ2v) is 7.46. The van der Waals surface area contributed by atoms with Crippen LogP contribution in [0.15, 0.2) is 30.3 Å². The molecule has 0 heterocycles. The highest BCUT2D eigenvalue weighted by molar-refractivity contribution is 5.74. The Morgan fingerprint density at radius 3 is 2.79 bits per heavy atom. The van der Waals surface area contributed by atoms with Gasteiger partial charge >= 0.3 is 6.03 Å². The summed E-state index contributed by atoms with van der Waals surface area (Å²) in [5.74, 6) is 0. The average molecular weight is 333 g/mol. The van der Waals surface area contributed by atoms with E-state index in [1.807, 2.05) is 32.0 Å². The van der Waals surface area contributed by atoms with E-state index in [4.69, 9.17) is 0 Å². The Bertz CT molecular complexity index is 523. The number of likely N-dealkylation sites (N-methyl/N-ethyl adjacent to an activating group) is 1. The molecule has 2 rings (SSSR count). The molecule has 1 aliphatic carbocycles. The number of amides is 2. The highest BCUT2D eigenvalue weighted by Crippen LogP contribution is 2.37. The van der Waals surface area contributed by atoms with Gasteiger partial charge in [0.1, 0.15) is 0 Å². The zero-order valence-corrected chi connectivity index (χ0v) is 15.1. The molecule has 2 amide bonds. The fraction of sp³-hybridized carbons (Fsp3) is 0.632. The van der Waals surface area contributed by atoms with Gasteiger partial charge in [-0.25, -0.2) is 4.79 Å². The van der Waals surface area contributed by atoms with Crippen molar-refractivity contribution >= 4 is 6.03 Å². The smallest absolute Gasteiger partial charge is 0.315 e. The lowest BCUT2D eigenvalue weighted by Crippen LogP contribution is -2.52. The third kappa shape index (κ3) is 5.21. The molecule has 3 unspecified atom stereocenters. The van der Waals surface area contributed by atoms with Crippen molar-refractivity contribution in [2.45, 2.75) is 51.7 Å². The molecule has 1 aliphatic rings. The van der Waals surface area contributed by atoms with Gasteiger partial charge in [-0.1, -0.05) is 43.7 Å². The molecule has 1 aromatic rings. The molecule has 0 bridgehead atoms. The van der Waals surface area contributed by atoms with E-state index in [9.17, 15) is 9.90 Å². The fourth-order valence-electron chi connectivity index (χ4n) is 3.56. The quantitative estimate of drug-likeness (QED) is 0.718. The molecule has 3 atom stereocenters. The maximum absolute atomic E-state index is 12.2. The Morgan fingerprint density at radius 1 is 1.42 bits per heavy atom. The lowest BCUT2D eigenvalue weighted by Gasteiger charge is -2.31. The number of aliphatic hydroxyl groups excluding tert-OH is 1. The summed E-state index contributed by atoms with van der Waals surface area (Å²) in [6.07, 6.45) is 2.95. The van der Waals surface area contributed by atoms with E-state index < -0.39 is 0 Å². The van der Waals surface area contributed by atoms with Crippen LogP contribution in [0.5, 0.6) is 0 Å². The molecule has 134 valence electrons. The van der Waals surface area contributed by atoms with Crippen LogP contribution in [0.3, 0.4) is 0 Å². The van der Waals surface area contributed by atoms with E-state index >= 15 is 0 Å². The molecule has 0 radical (unpaired) electrons. The monoisotopic (exact) mass is 333 g/mol.